The first-order valence-electron chi connectivity index (χ1n) is 8.86. The highest BCUT2D eigenvalue weighted by Gasteiger charge is 2.17. The summed E-state index contributed by atoms with van der Waals surface area (Å²) >= 11 is 7.48. The van der Waals surface area contributed by atoms with E-state index < -0.39 is 0 Å². The molecule has 1 N–H and O–H groups in total. The van der Waals surface area contributed by atoms with Crippen LogP contribution in [-0.4, -0.2) is 20.7 Å². The number of hydrogen-bond donors (Lipinski definition) is 1. The largest absolute Gasteiger partial charge is 0.351 e. The lowest BCUT2D eigenvalue weighted by Crippen LogP contribution is -2.31. The van der Waals surface area contributed by atoms with Crippen LogP contribution in [0.4, 0.5) is 0 Å². The third-order valence-corrected chi connectivity index (χ3v) is 5.89. The second-order valence-electron chi connectivity index (χ2n) is 6.20. The number of nitrogens with one attached hydrogen (secondary N) is 1. The van der Waals surface area contributed by atoms with Crippen molar-refractivity contribution >= 4 is 29.3 Å². The highest BCUT2D eigenvalue weighted by Crippen LogP contribution is 2.26. The molecular formula is C21H22ClN3OS. The van der Waals surface area contributed by atoms with Crippen LogP contribution in [0.3, 0.4) is 0 Å². The minimum absolute atomic E-state index is 0.0481. The maximum atomic E-state index is 12.5. The molecule has 3 aromatic rings. The van der Waals surface area contributed by atoms with Gasteiger partial charge in [0.1, 0.15) is 5.82 Å². The van der Waals surface area contributed by atoms with E-state index in [1.165, 1.54) is 0 Å². The van der Waals surface area contributed by atoms with Gasteiger partial charge >= 0.3 is 0 Å². The van der Waals surface area contributed by atoms with Gasteiger partial charge in [-0.05, 0) is 55.3 Å². The molecular weight excluding hydrogens is 378 g/mol. The molecule has 1 heterocycles. The third kappa shape index (κ3) is 5.15. The van der Waals surface area contributed by atoms with Gasteiger partial charge in [-0.15, -0.1) is 11.8 Å². The molecule has 0 unspecified atom stereocenters. The molecule has 0 spiro atoms. The quantitative estimate of drug-likeness (QED) is 0.567. The van der Waals surface area contributed by atoms with Crippen LogP contribution in [0, 0.1) is 6.92 Å². The van der Waals surface area contributed by atoms with Gasteiger partial charge in [0.25, 0.3) is 0 Å². The average Bonchev–Trinajstić information content (AvgIpc) is 3.12. The Labute approximate surface area is 169 Å². The number of thioether (sulfide) groups is 1. The third-order valence-electron chi connectivity index (χ3n) is 4.26. The van der Waals surface area contributed by atoms with Gasteiger partial charge in [0.2, 0.25) is 5.91 Å². The zero-order valence-corrected chi connectivity index (χ0v) is 16.9. The molecule has 0 aliphatic heterocycles. The standard InChI is InChI=1S/C21H22ClN3OS/c1-3-20(27-19-10-6-17(22)7-11-19)21(26)24-14-16-4-8-18(9-5-16)25-13-12-23-15(25)2/h4-13,20H,3,14H2,1-2H3,(H,24,26)/t20-/m1/s1. The number of nitrogens with zero attached hydrogens (tertiary/aromatic N) is 2. The smallest absolute Gasteiger partial charge is 0.233 e. The second-order valence-corrected chi connectivity index (χ2v) is 7.91. The van der Waals surface area contributed by atoms with Crippen molar-refractivity contribution in [2.75, 3.05) is 0 Å². The van der Waals surface area contributed by atoms with Crippen LogP contribution in [0.5, 0.6) is 0 Å². The zero-order valence-electron chi connectivity index (χ0n) is 15.4. The average molecular weight is 400 g/mol. The number of imidazole rings is 1. The van der Waals surface area contributed by atoms with Crippen molar-refractivity contribution < 1.29 is 4.79 Å². The highest BCUT2D eigenvalue weighted by atomic mass is 35.5. The molecule has 4 nitrogen and oxygen atoms in total. The number of carbonyl (C=O) groups excluding carboxylic acids is 1. The number of rotatable bonds is 7. The molecule has 1 amide bonds. The molecule has 0 saturated carbocycles. The van der Waals surface area contributed by atoms with E-state index in [-0.39, 0.29) is 11.2 Å². The van der Waals surface area contributed by atoms with Gasteiger partial charge in [-0.1, -0.05) is 30.7 Å². The van der Waals surface area contributed by atoms with Crippen molar-refractivity contribution in [3.8, 4) is 5.69 Å². The van der Waals surface area contributed by atoms with Gasteiger partial charge in [-0.3, -0.25) is 4.79 Å². The predicted molar refractivity (Wildman–Crippen MR) is 112 cm³/mol. The van der Waals surface area contributed by atoms with Crippen LogP contribution in [0.1, 0.15) is 24.7 Å². The number of hydrogen-bond acceptors (Lipinski definition) is 3. The van der Waals surface area contributed by atoms with Crippen LogP contribution >= 0.6 is 23.4 Å². The summed E-state index contributed by atoms with van der Waals surface area (Å²) in [5.74, 6) is 0.994. The molecule has 0 saturated heterocycles. The van der Waals surface area contributed by atoms with Gasteiger partial charge < -0.3 is 9.88 Å². The van der Waals surface area contributed by atoms with E-state index in [4.69, 9.17) is 11.6 Å². The topological polar surface area (TPSA) is 46.9 Å². The van der Waals surface area contributed by atoms with Crippen molar-refractivity contribution in [2.24, 2.45) is 0 Å². The summed E-state index contributed by atoms with van der Waals surface area (Å²) in [5.41, 5.74) is 2.13. The van der Waals surface area contributed by atoms with Crippen molar-refractivity contribution in [1.29, 1.82) is 0 Å². The molecule has 0 radical (unpaired) electrons. The molecule has 2 aromatic carbocycles. The first kappa shape index (κ1) is 19.5. The van der Waals surface area contributed by atoms with Crippen molar-refractivity contribution in [3.05, 3.63) is 77.3 Å². The fourth-order valence-corrected chi connectivity index (χ4v) is 3.83. The van der Waals surface area contributed by atoms with Crippen molar-refractivity contribution in [2.45, 2.75) is 37.0 Å². The molecule has 0 aliphatic rings. The minimum atomic E-state index is -0.126. The molecule has 3 rings (SSSR count). The lowest BCUT2D eigenvalue weighted by molar-refractivity contribution is -0.120. The zero-order chi connectivity index (χ0) is 19.2. The van der Waals surface area contributed by atoms with Crippen LogP contribution in [0.2, 0.25) is 5.02 Å². The Morgan fingerprint density at radius 1 is 1.19 bits per heavy atom. The van der Waals surface area contributed by atoms with Gasteiger partial charge in [0.15, 0.2) is 0 Å². The molecule has 0 bridgehead atoms. The maximum Gasteiger partial charge on any atom is 0.233 e. The maximum absolute atomic E-state index is 12.5. The first-order valence-corrected chi connectivity index (χ1v) is 10.1. The summed E-state index contributed by atoms with van der Waals surface area (Å²) in [6.45, 7) is 4.51. The van der Waals surface area contributed by atoms with Gasteiger partial charge in [-0.2, -0.15) is 0 Å². The van der Waals surface area contributed by atoms with E-state index >= 15 is 0 Å². The minimum Gasteiger partial charge on any atom is -0.351 e. The Morgan fingerprint density at radius 3 is 2.48 bits per heavy atom. The molecule has 1 atom stereocenters. The second kappa shape index (κ2) is 9.11. The van der Waals surface area contributed by atoms with Gasteiger partial charge in [-0.25, -0.2) is 4.98 Å². The fourth-order valence-electron chi connectivity index (χ4n) is 2.73. The number of amides is 1. The van der Waals surface area contributed by atoms with Crippen LogP contribution < -0.4 is 5.32 Å². The monoisotopic (exact) mass is 399 g/mol. The number of halogens is 1. The van der Waals surface area contributed by atoms with Crippen LogP contribution in [0.25, 0.3) is 5.69 Å². The summed E-state index contributed by atoms with van der Waals surface area (Å²) in [4.78, 5) is 17.8. The van der Waals surface area contributed by atoms with E-state index in [2.05, 4.69) is 10.3 Å². The Hall–Kier alpha value is -2.24. The van der Waals surface area contributed by atoms with Gasteiger partial charge in [0, 0.05) is 34.5 Å². The van der Waals surface area contributed by atoms with Crippen LogP contribution in [-0.2, 0) is 11.3 Å². The normalized spacial score (nSPS) is 12.0. The van der Waals surface area contributed by atoms with E-state index in [1.807, 2.05) is 73.1 Å². The Bertz CT molecular complexity index is 891. The van der Waals surface area contributed by atoms with Crippen molar-refractivity contribution in [3.63, 3.8) is 0 Å². The summed E-state index contributed by atoms with van der Waals surface area (Å²) < 4.78 is 2.03. The summed E-state index contributed by atoms with van der Waals surface area (Å²) in [6, 6.07) is 15.7. The predicted octanol–water partition coefficient (Wildman–Crippen LogP) is 5.02. The van der Waals surface area contributed by atoms with E-state index in [0.29, 0.717) is 11.6 Å². The number of aryl methyl sites for hydroxylation is 1. The lowest BCUT2D eigenvalue weighted by atomic mass is 10.2. The fraction of sp³-hybridized carbons (Fsp3) is 0.238. The van der Waals surface area contributed by atoms with Crippen LogP contribution in [0.15, 0.2) is 65.8 Å². The lowest BCUT2D eigenvalue weighted by Gasteiger charge is -2.15. The molecule has 27 heavy (non-hydrogen) atoms. The summed E-state index contributed by atoms with van der Waals surface area (Å²) in [6.07, 6.45) is 4.48. The van der Waals surface area contributed by atoms with E-state index in [1.54, 1.807) is 18.0 Å². The highest BCUT2D eigenvalue weighted by molar-refractivity contribution is 8.00. The molecule has 6 heteroatoms. The first-order chi connectivity index (χ1) is 13.1. The Morgan fingerprint density at radius 2 is 1.89 bits per heavy atom. The van der Waals surface area contributed by atoms with Gasteiger partial charge in [0.05, 0.1) is 5.25 Å². The molecule has 1 aromatic heterocycles. The molecule has 0 fully saturated rings. The summed E-state index contributed by atoms with van der Waals surface area (Å²) in [5, 5.41) is 3.62. The Balaban J connectivity index is 1.57. The Kier molecular flexibility index (Phi) is 6.58. The number of aromatic nitrogens is 2. The van der Waals surface area contributed by atoms with E-state index in [0.717, 1.165) is 28.4 Å². The SMILES string of the molecule is CC[C@@H](Sc1ccc(Cl)cc1)C(=O)NCc1ccc(-n2ccnc2C)cc1. The number of benzene rings is 2. The van der Waals surface area contributed by atoms with E-state index in [9.17, 15) is 4.79 Å². The number of carbonyl (C=O) groups is 1. The van der Waals surface area contributed by atoms with Crippen molar-refractivity contribution in [1.82, 2.24) is 14.9 Å². The molecule has 140 valence electrons. The summed E-state index contributed by atoms with van der Waals surface area (Å²) in [7, 11) is 0. The molecule has 0 aliphatic carbocycles.